The molecule has 1 saturated heterocycles. The van der Waals surface area contributed by atoms with E-state index in [0.29, 0.717) is 12.2 Å². The van der Waals surface area contributed by atoms with Gasteiger partial charge in [-0.05, 0) is 37.1 Å². The maximum Gasteiger partial charge on any atom is 0.229 e. The number of amides is 2. The molecular formula is C22H21N3O2. The van der Waals surface area contributed by atoms with Crippen molar-refractivity contribution in [2.24, 2.45) is 5.92 Å². The van der Waals surface area contributed by atoms with Crippen molar-refractivity contribution in [3.05, 3.63) is 65.9 Å². The van der Waals surface area contributed by atoms with Crippen LogP contribution in [0.3, 0.4) is 0 Å². The summed E-state index contributed by atoms with van der Waals surface area (Å²) in [5, 5.41) is 3.94. The first-order chi connectivity index (χ1) is 13.0. The van der Waals surface area contributed by atoms with Crippen LogP contribution >= 0.6 is 0 Å². The molecule has 1 N–H and O–H groups in total. The van der Waals surface area contributed by atoms with Crippen molar-refractivity contribution in [2.45, 2.75) is 20.3 Å². The van der Waals surface area contributed by atoms with Crippen LogP contribution in [0.5, 0.6) is 0 Å². The Morgan fingerprint density at radius 2 is 1.78 bits per heavy atom. The highest BCUT2D eigenvalue weighted by Crippen LogP contribution is 2.31. The molecule has 0 aliphatic carbocycles. The number of anilines is 2. The molecule has 1 aromatic heterocycles. The average molecular weight is 359 g/mol. The molecule has 0 radical (unpaired) electrons. The third-order valence-corrected chi connectivity index (χ3v) is 5.10. The minimum Gasteiger partial charge on any atom is -0.324 e. The van der Waals surface area contributed by atoms with Gasteiger partial charge in [0.15, 0.2) is 0 Å². The van der Waals surface area contributed by atoms with Gasteiger partial charge in [-0.15, -0.1) is 0 Å². The highest BCUT2D eigenvalue weighted by Gasteiger charge is 2.36. The smallest absolute Gasteiger partial charge is 0.229 e. The van der Waals surface area contributed by atoms with Crippen LogP contribution in [0.15, 0.2) is 54.7 Å². The number of aryl methyl sites for hydroxylation is 2. The summed E-state index contributed by atoms with van der Waals surface area (Å²) in [4.78, 5) is 31.5. The molecule has 5 nitrogen and oxygen atoms in total. The normalized spacial score (nSPS) is 16.7. The quantitative estimate of drug-likeness (QED) is 0.773. The van der Waals surface area contributed by atoms with E-state index in [1.807, 2.05) is 62.4 Å². The molecule has 0 saturated carbocycles. The van der Waals surface area contributed by atoms with Crippen LogP contribution in [0, 0.1) is 19.8 Å². The second-order valence-electron chi connectivity index (χ2n) is 7.02. The van der Waals surface area contributed by atoms with Gasteiger partial charge >= 0.3 is 0 Å². The van der Waals surface area contributed by atoms with E-state index >= 15 is 0 Å². The monoisotopic (exact) mass is 359 g/mol. The summed E-state index contributed by atoms with van der Waals surface area (Å²) in [5.41, 5.74) is 4.44. The number of nitrogens with zero attached hydrogens (tertiary/aromatic N) is 2. The number of carbonyl (C=O) groups is 2. The Morgan fingerprint density at radius 1 is 1.07 bits per heavy atom. The molecule has 2 aromatic carbocycles. The molecule has 27 heavy (non-hydrogen) atoms. The molecule has 1 unspecified atom stereocenters. The lowest BCUT2D eigenvalue weighted by atomic mass is 10.1. The summed E-state index contributed by atoms with van der Waals surface area (Å²) in [6, 6.07) is 15.5. The van der Waals surface area contributed by atoms with Gasteiger partial charge in [-0.1, -0.05) is 36.4 Å². The van der Waals surface area contributed by atoms with Crippen molar-refractivity contribution in [1.82, 2.24) is 4.98 Å². The number of rotatable bonds is 3. The third kappa shape index (κ3) is 3.16. The summed E-state index contributed by atoms with van der Waals surface area (Å²) in [7, 11) is 0. The first-order valence-corrected chi connectivity index (χ1v) is 9.06. The van der Waals surface area contributed by atoms with Crippen molar-refractivity contribution >= 4 is 34.1 Å². The maximum atomic E-state index is 12.8. The van der Waals surface area contributed by atoms with E-state index in [2.05, 4.69) is 10.3 Å². The van der Waals surface area contributed by atoms with E-state index in [1.54, 1.807) is 11.1 Å². The molecule has 1 aliphatic rings. The molecule has 1 fully saturated rings. The number of aromatic nitrogens is 1. The highest BCUT2D eigenvalue weighted by atomic mass is 16.2. The minimum atomic E-state index is -0.379. The first-order valence-electron chi connectivity index (χ1n) is 9.06. The predicted molar refractivity (Wildman–Crippen MR) is 107 cm³/mol. The Hall–Kier alpha value is -3.21. The van der Waals surface area contributed by atoms with Crippen LogP contribution < -0.4 is 10.2 Å². The minimum absolute atomic E-state index is 0.0106. The SMILES string of the molecule is Cc1cccc(C)c1N1CC(C(=O)Nc2cccc3cccnc23)CC1=O. The van der Waals surface area contributed by atoms with Gasteiger partial charge in [-0.2, -0.15) is 0 Å². The molecular weight excluding hydrogens is 338 g/mol. The lowest BCUT2D eigenvalue weighted by Crippen LogP contribution is -2.29. The molecule has 0 bridgehead atoms. The van der Waals surface area contributed by atoms with Gasteiger partial charge in [-0.3, -0.25) is 14.6 Å². The van der Waals surface area contributed by atoms with E-state index in [4.69, 9.17) is 0 Å². The van der Waals surface area contributed by atoms with Gasteiger partial charge in [0.1, 0.15) is 0 Å². The number of nitrogens with one attached hydrogen (secondary N) is 1. The Labute approximate surface area is 158 Å². The van der Waals surface area contributed by atoms with Crippen LogP contribution in [-0.2, 0) is 9.59 Å². The number of fused-ring (bicyclic) bond motifs is 1. The van der Waals surface area contributed by atoms with Gasteiger partial charge in [0, 0.05) is 30.2 Å². The molecule has 2 amide bonds. The lowest BCUT2D eigenvalue weighted by Gasteiger charge is -2.21. The Bertz CT molecular complexity index is 1020. The molecule has 1 atom stereocenters. The zero-order valence-corrected chi connectivity index (χ0v) is 15.4. The summed E-state index contributed by atoms with van der Waals surface area (Å²) in [5.74, 6) is -0.533. The van der Waals surface area contributed by atoms with Crippen molar-refractivity contribution < 1.29 is 9.59 Å². The zero-order chi connectivity index (χ0) is 19.0. The molecule has 2 heterocycles. The van der Waals surface area contributed by atoms with Crippen molar-refractivity contribution in [3.8, 4) is 0 Å². The van der Waals surface area contributed by atoms with Crippen LogP contribution in [-0.4, -0.2) is 23.3 Å². The summed E-state index contributed by atoms with van der Waals surface area (Å²) in [6.07, 6.45) is 1.93. The van der Waals surface area contributed by atoms with Crippen LogP contribution in [0.25, 0.3) is 10.9 Å². The van der Waals surface area contributed by atoms with E-state index < -0.39 is 0 Å². The number of hydrogen-bond donors (Lipinski definition) is 1. The zero-order valence-electron chi connectivity index (χ0n) is 15.4. The second-order valence-corrected chi connectivity index (χ2v) is 7.02. The standard InChI is InChI=1S/C22H21N3O2/c1-14-6-3-7-15(2)21(14)25-13-17(12-19(25)26)22(27)24-18-10-4-8-16-9-5-11-23-20(16)18/h3-11,17H,12-13H2,1-2H3,(H,24,27). The van der Waals surface area contributed by atoms with Gasteiger partial charge in [0.05, 0.1) is 17.1 Å². The highest BCUT2D eigenvalue weighted by molar-refractivity contribution is 6.06. The first kappa shape index (κ1) is 17.2. The Balaban J connectivity index is 1.56. The van der Waals surface area contributed by atoms with Gasteiger partial charge < -0.3 is 10.2 Å². The van der Waals surface area contributed by atoms with Crippen LogP contribution in [0.2, 0.25) is 0 Å². The van der Waals surface area contributed by atoms with Crippen LogP contribution in [0.1, 0.15) is 17.5 Å². The number of para-hydroxylation sites is 2. The molecule has 4 rings (SSSR count). The van der Waals surface area contributed by atoms with Gasteiger partial charge in [0.25, 0.3) is 0 Å². The lowest BCUT2D eigenvalue weighted by molar-refractivity contribution is -0.122. The molecule has 0 spiro atoms. The second kappa shape index (κ2) is 6.83. The van der Waals surface area contributed by atoms with Crippen molar-refractivity contribution in [1.29, 1.82) is 0 Å². The van der Waals surface area contributed by atoms with Crippen molar-refractivity contribution in [2.75, 3.05) is 16.8 Å². The molecule has 136 valence electrons. The van der Waals surface area contributed by atoms with E-state index in [-0.39, 0.29) is 24.2 Å². The third-order valence-electron chi connectivity index (χ3n) is 5.10. The van der Waals surface area contributed by atoms with Gasteiger partial charge in [0.2, 0.25) is 11.8 Å². The fourth-order valence-corrected chi connectivity index (χ4v) is 3.77. The van der Waals surface area contributed by atoms with Gasteiger partial charge in [-0.25, -0.2) is 0 Å². The Kier molecular flexibility index (Phi) is 4.36. The Morgan fingerprint density at radius 3 is 2.56 bits per heavy atom. The number of carbonyl (C=O) groups excluding carboxylic acids is 2. The maximum absolute atomic E-state index is 12.8. The van der Waals surface area contributed by atoms with E-state index in [1.165, 1.54) is 0 Å². The summed E-state index contributed by atoms with van der Waals surface area (Å²) >= 11 is 0. The molecule has 5 heteroatoms. The molecule has 3 aromatic rings. The largest absolute Gasteiger partial charge is 0.324 e. The average Bonchev–Trinajstić information content (AvgIpc) is 3.04. The number of pyridine rings is 1. The van der Waals surface area contributed by atoms with E-state index in [9.17, 15) is 9.59 Å². The van der Waals surface area contributed by atoms with Crippen LogP contribution in [0.4, 0.5) is 11.4 Å². The fraction of sp³-hybridized carbons (Fsp3) is 0.227. The predicted octanol–water partition coefficient (Wildman–Crippen LogP) is 3.84. The molecule has 1 aliphatic heterocycles. The summed E-state index contributed by atoms with van der Waals surface area (Å²) < 4.78 is 0. The van der Waals surface area contributed by atoms with Crippen molar-refractivity contribution in [3.63, 3.8) is 0 Å². The number of hydrogen-bond acceptors (Lipinski definition) is 3. The fourth-order valence-electron chi connectivity index (χ4n) is 3.77. The number of benzene rings is 2. The topological polar surface area (TPSA) is 62.3 Å². The summed E-state index contributed by atoms with van der Waals surface area (Å²) in [6.45, 7) is 4.38. The van der Waals surface area contributed by atoms with E-state index in [0.717, 1.165) is 27.7 Å².